The van der Waals surface area contributed by atoms with Crippen molar-refractivity contribution in [1.29, 1.82) is 0 Å². The van der Waals surface area contributed by atoms with Crippen LogP contribution in [-0.4, -0.2) is 10.7 Å². The summed E-state index contributed by atoms with van der Waals surface area (Å²) in [6.45, 7) is 1.38. The van der Waals surface area contributed by atoms with Gasteiger partial charge < -0.3 is 0 Å². The van der Waals surface area contributed by atoms with Crippen molar-refractivity contribution in [1.82, 2.24) is 0 Å². The zero-order chi connectivity index (χ0) is 14.0. The molecule has 0 aromatic heterocycles. The Morgan fingerprint density at radius 2 is 1.95 bits per heavy atom. The van der Waals surface area contributed by atoms with E-state index in [1.54, 1.807) is 6.07 Å². The minimum Gasteiger partial charge on any atom is -0.295 e. The Labute approximate surface area is 108 Å². The minimum atomic E-state index is -0.545. The number of carbonyl (C=O) groups is 1. The van der Waals surface area contributed by atoms with Crippen molar-refractivity contribution in [2.45, 2.75) is 6.92 Å². The fraction of sp³-hybridized carbons (Fsp3) is 0.0714. The Bertz CT molecular complexity index is 667. The maximum absolute atomic E-state index is 13.8. The van der Waals surface area contributed by atoms with E-state index in [4.69, 9.17) is 0 Å². The highest BCUT2D eigenvalue weighted by molar-refractivity contribution is 5.95. The van der Waals surface area contributed by atoms with Gasteiger partial charge in [-0.15, -0.1) is 0 Å². The Kier molecular flexibility index (Phi) is 3.37. The van der Waals surface area contributed by atoms with Gasteiger partial charge in [-0.05, 0) is 30.7 Å². The summed E-state index contributed by atoms with van der Waals surface area (Å²) in [6, 6.07) is 9.63. The Balaban J connectivity index is 2.57. The van der Waals surface area contributed by atoms with Crippen LogP contribution < -0.4 is 0 Å². The van der Waals surface area contributed by atoms with Gasteiger partial charge in [-0.3, -0.25) is 14.9 Å². The first-order valence-electron chi connectivity index (χ1n) is 5.54. The molecular weight excluding hydrogens is 249 g/mol. The normalized spacial score (nSPS) is 10.2. The first-order valence-corrected chi connectivity index (χ1v) is 5.54. The van der Waals surface area contributed by atoms with Crippen LogP contribution in [0.1, 0.15) is 17.3 Å². The number of Topliss-reactive ketones (excluding diaryl/α,β-unsaturated/α-hetero) is 1. The molecule has 2 aromatic rings. The molecule has 0 aliphatic carbocycles. The second-order valence-corrected chi connectivity index (χ2v) is 4.06. The maximum Gasteiger partial charge on any atom is 0.270 e. The predicted octanol–water partition coefficient (Wildman–Crippen LogP) is 3.60. The van der Waals surface area contributed by atoms with Crippen molar-refractivity contribution in [2.75, 3.05) is 0 Å². The van der Waals surface area contributed by atoms with Gasteiger partial charge in [0.25, 0.3) is 5.69 Å². The fourth-order valence-electron chi connectivity index (χ4n) is 1.75. The van der Waals surface area contributed by atoms with Gasteiger partial charge in [0, 0.05) is 23.3 Å². The first kappa shape index (κ1) is 12.9. The number of benzene rings is 2. The van der Waals surface area contributed by atoms with Crippen LogP contribution in [0.25, 0.3) is 11.1 Å². The van der Waals surface area contributed by atoms with Crippen LogP contribution in [0.15, 0.2) is 42.5 Å². The van der Waals surface area contributed by atoms with E-state index in [0.717, 1.165) is 0 Å². The minimum absolute atomic E-state index is 0.120. The van der Waals surface area contributed by atoms with Crippen molar-refractivity contribution >= 4 is 11.5 Å². The standard InChI is InChI=1S/C14H10FNO3/c1-9(17)10-5-6-14(15)13(8-10)11-3-2-4-12(7-11)16(18)19/h2-8H,1H3. The largest absolute Gasteiger partial charge is 0.295 e. The molecule has 0 aliphatic heterocycles. The third-order valence-corrected chi connectivity index (χ3v) is 2.74. The molecule has 0 amide bonds. The van der Waals surface area contributed by atoms with E-state index >= 15 is 0 Å². The number of nitro benzene ring substituents is 1. The van der Waals surface area contributed by atoms with Crippen LogP contribution in [0.5, 0.6) is 0 Å². The number of halogens is 1. The van der Waals surface area contributed by atoms with Gasteiger partial charge in [0.15, 0.2) is 5.78 Å². The summed E-state index contributed by atoms with van der Waals surface area (Å²) in [7, 11) is 0. The molecule has 0 bridgehead atoms. The second kappa shape index (κ2) is 4.97. The lowest BCUT2D eigenvalue weighted by Gasteiger charge is -2.05. The van der Waals surface area contributed by atoms with Gasteiger partial charge in [-0.25, -0.2) is 4.39 Å². The molecule has 0 saturated carbocycles. The highest BCUT2D eigenvalue weighted by atomic mass is 19.1. The molecule has 0 saturated heterocycles. The highest BCUT2D eigenvalue weighted by Crippen LogP contribution is 2.27. The number of nitro groups is 1. The zero-order valence-corrected chi connectivity index (χ0v) is 10.1. The van der Waals surface area contributed by atoms with Crippen molar-refractivity contribution in [2.24, 2.45) is 0 Å². The van der Waals surface area contributed by atoms with Gasteiger partial charge in [-0.2, -0.15) is 0 Å². The number of non-ortho nitro benzene ring substituents is 1. The van der Waals surface area contributed by atoms with Crippen LogP contribution in [0.2, 0.25) is 0 Å². The summed E-state index contributed by atoms with van der Waals surface area (Å²) in [6.07, 6.45) is 0. The number of carbonyl (C=O) groups excluding carboxylic acids is 1. The molecular formula is C14H10FNO3. The van der Waals surface area contributed by atoms with E-state index in [2.05, 4.69) is 0 Å². The maximum atomic E-state index is 13.8. The highest BCUT2D eigenvalue weighted by Gasteiger charge is 2.12. The van der Waals surface area contributed by atoms with Crippen LogP contribution in [0.3, 0.4) is 0 Å². The Hall–Kier alpha value is -2.56. The summed E-state index contributed by atoms with van der Waals surface area (Å²) < 4.78 is 13.8. The molecule has 2 rings (SSSR count). The van der Waals surface area contributed by atoms with Gasteiger partial charge >= 0.3 is 0 Å². The van der Waals surface area contributed by atoms with Gasteiger partial charge in [-0.1, -0.05) is 12.1 Å². The van der Waals surface area contributed by atoms with Crippen LogP contribution in [-0.2, 0) is 0 Å². The molecule has 0 unspecified atom stereocenters. The summed E-state index contributed by atoms with van der Waals surface area (Å²) in [5.41, 5.74) is 0.791. The summed E-state index contributed by atoms with van der Waals surface area (Å²) in [5, 5.41) is 10.7. The summed E-state index contributed by atoms with van der Waals surface area (Å²) in [4.78, 5) is 21.4. The molecule has 19 heavy (non-hydrogen) atoms. The van der Waals surface area contributed by atoms with E-state index in [1.807, 2.05) is 0 Å². The quantitative estimate of drug-likeness (QED) is 0.480. The van der Waals surface area contributed by atoms with Gasteiger partial charge in [0.2, 0.25) is 0 Å². The smallest absolute Gasteiger partial charge is 0.270 e. The lowest BCUT2D eigenvalue weighted by molar-refractivity contribution is -0.384. The third kappa shape index (κ3) is 2.65. The van der Waals surface area contributed by atoms with E-state index in [1.165, 1.54) is 43.3 Å². The molecule has 4 nitrogen and oxygen atoms in total. The molecule has 0 radical (unpaired) electrons. The number of rotatable bonds is 3. The van der Waals surface area contributed by atoms with Crippen molar-refractivity contribution in [3.63, 3.8) is 0 Å². The number of ketones is 1. The fourth-order valence-corrected chi connectivity index (χ4v) is 1.75. The van der Waals surface area contributed by atoms with Crippen molar-refractivity contribution in [3.05, 3.63) is 64.0 Å². The average Bonchev–Trinajstić information content (AvgIpc) is 2.39. The molecule has 0 atom stereocenters. The summed E-state index contributed by atoms with van der Waals surface area (Å²) >= 11 is 0. The van der Waals surface area contributed by atoms with E-state index in [0.29, 0.717) is 11.1 Å². The SMILES string of the molecule is CC(=O)c1ccc(F)c(-c2cccc([N+](=O)[O-])c2)c1. The van der Waals surface area contributed by atoms with Crippen molar-refractivity contribution in [3.8, 4) is 11.1 Å². The monoisotopic (exact) mass is 259 g/mol. The van der Waals surface area contributed by atoms with E-state index in [9.17, 15) is 19.3 Å². The molecule has 0 aliphatic rings. The zero-order valence-electron chi connectivity index (χ0n) is 10.1. The van der Waals surface area contributed by atoms with E-state index in [-0.39, 0.29) is 17.0 Å². The molecule has 0 heterocycles. The Morgan fingerprint density at radius 1 is 1.21 bits per heavy atom. The van der Waals surface area contributed by atoms with Crippen LogP contribution in [0, 0.1) is 15.9 Å². The van der Waals surface area contributed by atoms with Gasteiger partial charge in [0.05, 0.1) is 4.92 Å². The first-order chi connectivity index (χ1) is 8.99. The second-order valence-electron chi connectivity index (χ2n) is 4.06. The average molecular weight is 259 g/mol. The van der Waals surface area contributed by atoms with Crippen LogP contribution in [0.4, 0.5) is 10.1 Å². The third-order valence-electron chi connectivity index (χ3n) is 2.74. The molecule has 0 spiro atoms. The number of nitrogens with zero attached hydrogens (tertiary/aromatic N) is 1. The molecule has 0 N–H and O–H groups in total. The van der Waals surface area contributed by atoms with E-state index < -0.39 is 10.7 Å². The molecule has 5 heteroatoms. The lowest BCUT2D eigenvalue weighted by atomic mass is 10.0. The number of hydrogen-bond donors (Lipinski definition) is 0. The molecule has 0 fully saturated rings. The Morgan fingerprint density at radius 3 is 2.58 bits per heavy atom. The van der Waals surface area contributed by atoms with Gasteiger partial charge in [0.1, 0.15) is 5.82 Å². The predicted molar refractivity (Wildman–Crippen MR) is 68.5 cm³/mol. The lowest BCUT2D eigenvalue weighted by Crippen LogP contribution is -1.95. The van der Waals surface area contributed by atoms with Crippen molar-refractivity contribution < 1.29 is 14.1 Å². The topological polar surface area (TPSA) is 60.2 Å². The molecule has 96 valence electrons. The molecule has 2 aromatic carbocycles. The number of hydrogen-bond acceptors (Lipinski definition) is 3. The summed E-state index contributed by atoms with van der Waals surface area (Å²) in [5.74, 6) is -0.711. The van der Waals surface area contributed by atoms with Crippen LogP contribution >= 0.6 is 0 Å².